The van der Waals surface area contributed by atoms with Crippen LogP contribution >= 0.6 is 0 Å². The maximum absolute atomic E-state index is 12.1. The van der Waals surface area contributed by atoms with Crippen LogP contribution in [-0.4, -0.2) is 27.2 Å². The van der Waals surface area contributed by atoms with E-state index in [2.05, 4.69) is 10.5 Å². The Kier molecular flexibility index (Phi) is 3.43. The Morgan fingerprint density at radius 2 is 2.00 bits per heavy atom. The van der Waals surface area contributed by atoms with E-state index in [1.807, 2.05) is 0 Å². The minimum atomic E-state index is -1.28. The van der Waals surface area contributed by atoms with Gasteiger partial charge in [-0.3, -0.25) is 4.79 Å². The van der Waals surface area contributed by atoms with Gasteiger partial charge in [0.25, 0.3) is 5.91 Å². The topological polar surface area (TPSA) is 113 Å². The number of aromatic carboxylic acids is 1. The standard InChI is InChI=1S/C13H12N2O5/c1-6-10(7(2)20-15-6)12(17)14-9-5-3-4-8(11(9)16)13(18)19/h3-5,16H,1-2H3,(H,14,17)(H,18,19). The average Bonchev–Trinajstić information content (AvgIpc) is 2.71. The SMILES string of the molecule is Cc1noc(C)c1C(=O)Nc1cccc(C(=O)O)c1O. The molecule has 2 rings (SSSR count). The Morgan fingerprint density at radius 1 is 1.30 bits per heavy atom. The molecule has 3 N–H and O–H groups in total. The number of nitrogens with one attached hydrogen (secondary N) is 1. The van der Waals surface area contributed by atoms with Gasteiger partial charge in [-0.2, -0.15) is 0 Å². The van der Waals surface area contributed by atoms with E-state index in [0.29, 0.717) is 11.5 Å². The molecular formula is C13H12N2O5. The largest absolute Gasteiger partial charge is 0.505 e. The summed E-state index contributed by atoms with van der Waals surface area (Å²) in [6.07, 6.45) is 0. The van der Waals surface area contributed by atoms with Crippen molar-refractivity contribution in [2.24, 2.45) is 0 Å². The third-order valence-corrected chi connectivity index (χ3v) is 2.78. The zero-order valence-electron chi connectivity index (χ0n) is 10.8. The van der Waals surface area contributed by atoms with E-state index >= 15 is 0 Å². The Balaban J connectivity index is 2.34. The van der Waals surface area contributed by atoms with Crippen molar-refractivity contribution in [1.29, 1.82) is 0 Å². The van der Waals surface area contributed by atoms with Crippen molar-refractivity contribution in [2.75, 3.05) is 5.32 Å². The second-order valence-corrected chi connectivity index (χ2v) is 4.16. The number of benzene rings is 1. The van der Waals surface area contributed by atoms with Crippen LogP contribution in [0.5, 0.6) is 5.75 Å². The van der Waals surface area contributed by atoms with Crippen molar-refractivity contribution >= 4 is 17.6 Å². The van der Waals surface area contributed by atoms with Crippen LogP contribution in [0.25, 0.3) is 0 Å². The zero-order valence-corrected chi connectivity index (χ0v) is 10.8. The Bertz CT molecular complexity index is 671. The quantitative estimate of drug-likeness (QED) is 0.738. The van der Waals surface area contributed by atoms with Crippen molar-refractivity contribution in [1.82, 2.24) is 5.16 Å². The van der Waals surface area contributed by atoms with Crippen molar-refractivity contribution in [3.8, 4) is 5.75 Å². The second-order valence-electron chi connectivity index (χ2n) is 4.16. The highest BCUT2D eigenvalue weighted by Crippen LogP contribution is 2.28. The van der Waals surface area contributed by atoms with Crippen LogP contribution in [0.4, 0.5) is 5.69 Å². The number of rotatable bonds is 3. The highest BCUT2D eigenvalue weighted by atomic mass is 16.5. The summed E-state index contributed by atoms with van der Waals surface area (Å²) in [6.45, 7) is 3.20. The third kappa shape index (κ3) is 2.33. The minimum Gasteiger partial charge on any atom is -0.505 e. The average molecular weight is 276 g/mol. The molecule has 1 amide bonds. The summed E-state index contributed by atoms with van der Waals surface area (Å²) in [7, 11) is 0. The van der Waals surface area contributed by atoms with Crippen LogP contribution in [0.1, 0.15) is 32.2 Å². The molecule has 0 aliphatic carbocycles. The van der Waals surface area contributed by atoms with Gasteiger partial charge in [0.1, 0.15) is 16.9 Å². The molecule has 0 bridgehead atoms. The van der Waals surface area contributed by atoms with Gasteiger partial charge in [-0.15, -0.1) is 0 Å². The van der Waals surface area contributed by atoms with Crippen LogP contribution in [0.15, 0.2) is 22.7 Å². The maximum Gasteiger partial charge on any atom is 0.339 e. The van der Waals surface area contributed by atoms with Gasteiger partial charge in [0.15, 0.2) is 5.75 Å². The van der Waals surface area contributed by atoms with E-state index in [1.165, 1.54) is 18.2 Å². The number of para-hydroxylation sites is 1. The Morgan fingerprint density at radius 3 is 2.55 bits per heavy atom. The van der Waals surface area contributed by atoms with Gasteiger partial charge in [0.2, 0.25) is 0 Å². The Hall–Kier alpha value is -2.83. The summed E-state index contributed by atoms with van der Waals surface area (Å²) in [5.41, 5.74) is 0.385. The van der Waals surface area contributed by atoms with Gasteiger partial charge in [0, 0.05) is 0 Å². The number of nitrogens with zero attached hydrogens (tertiary/aromatic N) is 1. The fourth-order valence-corrected chi connectivity index (χ4v) is 1.81. The lowest BCUT2D eigenvalue weighted by atomic mass is 10.1. The minimum absolute atomic E-state index is 0.00917. The van der Waals surface area contributed by atoms with E-state index in [9.17, 15) is 14.7 Å². The molecule has 1 aromatic carbocycles. The fourth-order valence-electron chi connectivity index (χ4n) is 1.81. The van der Waals surface area contributed by atoms with Gasteiger partial charge < -0.3 is 20.1 Å². The number of aromatic nitrogens is 1. The van der Waals surface area contributed by atoms with E-state index in [0.717, 1.165) is 0 Å². The molecule has 1 aromatic heterocycles. The van der Waals surface area contributed by atoms with E-state index in [-0.39, 0.29) is 16.8 Å². The first kappa shape index (κ1) is 13.6. The molecule has 0 fully saturated rings. The number of hydrogen-bond donors (Lipinski definition) is 3. The highest BCUT2D eigenvalue weighted by Gasteiger charge is 2.20. The van der Waals surface area contributed by atoms with Crippen LogP contribution < -0.4 is 5.32 Å². The van der Waals surface area contributed by atoms with Crippen molar-refractivity contribution in [3.05, 3.63) is 40.8 Å². The van der Waals surface area contributed by atoms with Gasteiger partial charge in [-0.1, -0.05) is 11.2 Å². The second kappa shape index (κ2) is 5.04. The van der Waals surface area contributed by atoms with Crippen LogP contribution in [-0.2, 0) is 0 Å². The normalized spacial score (nSPS) is 10.3. The first-order valence-electron chi connectivity index (χ1n) is 5.71. The fraction of sp³-hybridized carbons (Fsp3) is 0.154. The smallest absolute Gasteiger partial charge is 0.339 e. The molecule has 0 saturated carbocycles. The van der Waals surface area contributed by atoms with Crippen molar-refractivity contribution in [3.63, 3.8) is 0 Å². The van der Waals surface area contributed by atoms with E-state index < -0.39 is 17.6 Å². The lowest BCUT2D eigenvalue weighted by molar-refractivity contribution is 0.0693. The maximum atomic E-state index is 12.1. The number of carboxylic acid groups (broad SMARTS) is 1. The van der Waals surface area contributed by atoms with Crippen molar-refractivity contribution in [2.45, 2.75) is 13.8 Å². The number of hydrogen-bond acceptors (Lipinski definition) is 5. The molecule has 2 aromatic rings. The summed E-state index contributed by atoms with van der Waals surface area (Å²) in [5.74, 6) is -1.97. The number of carboxylic acids is 1. The molecule has 20 heavy (non-hydrogen) atoms. The predicted octanol–water partition coefficient (Wildman–Crippen LogP) is 1.95. The summed E-state index contributed by atoms with van der Waals surface area (Å²) in [5, 5.41) is 24.8. The third-order valence-electron chi connectivity index (χ3n) is 2.78. The number of amides is 1. The van der Waals surface area contributed by atoms with Gasteiger partial charge in [0.05, 0.1) is 11.4 Å². The first-order chi connectivity index (χ1) is 9.41. The molecule has 0 atom stereocenters. The van der Waals surface area contributed by atoms with Crippen LogP contribution in [0.2, 0.25) is 0 Å². The zero-order chi connectivity index (χ0) is 14.9. The van der Waals surface area contributed by atoms with Gasteiger partial charge in [-0.25, -0.2) is 4.79 Å². The molecule has 0 radical (unpaired) electrons. The molecule has 7 heteroatoms. The number of anilines is 1. The molecule has 0 unspecified atom stereocenters. The van der Waals surface area contributed by atoms with Gasteiger partial charge >= 0.3 is 5.97 Å². The lowest BCUT2D eigenvalue weighted by Gasteiger charge is -2.08. The van der Waals surface area contributed by atoms with Crippen LogP contribution in [0.3, 0.4) is 0 Å². The van der Waals surface area contributed by atoms with Crippen molar-refractivity contribution < 1.29 is 24.3 Å². The molecule has 1 heterocycles. The molecular weight excluding hydrogens is 264 g/mol. The number of phenols is 1. The molecule has 0 spiro atoms. The van der Waals surface area contributed by atoms with E-state index in [4.69, 9.17) is 9.63 Å². The van der Waals surface area contributed by atoms with Gasteiger partial charge in [-0.05, 0) is 26.0 Å². The Labute approximate surface area is 113 Å². The number of carbonyl (C=O) groups excluding carboxylic acids is 1. The summed E-state index contributed by atoms with van der Waals surface area (Å²) >= 11 is 0. The molecule has 0 aliphatic rings. The molecule has 104 valence electrons. The highest BCUT2D eigenvalue weighted by molar-refractivity contribution is 6.07. The predicted molar refractivity (Wildman–Crippen MR) is 69.0 cm³/mol. The molecule has 7 nitrogen and oxygen atoms in total. The number of carbonyl (C=O) groups is 2. The molecule has 0 aliphatic heterocycles. The first-order valence-corrected chi connectivity index (χ1v) is 5.71. The van der Waals surface area contributed by atoms with Crippen LogP contribution in [0, 0.1) is 13.8 Å². The summed E-state index contributed by atoms with van der Waals surface area (Å²) in [6, 6.07) is 4.06. The molecule has 0 saturated heterocycles. The number of aromatic hydroxyl groups is 1. The summed E-state index contributed by atoms with van der Waals surface area (Å²) < 4.78 is 4.88. The monoisotopic (exact) mass is 276 g/mol. The van der Waals surface area contributed by atoms with E-state index in [1.54, 1.807) is 13.8 Å². The number of aryl methyl sites for hydroxylation is 2. The lowest BCUT2D eigenvalue weighted by Crippen LogP contribution is -2.14. The summed E-state index contributed by atoms with van der Waals surface area (Å²) in [4.78, 5) is 23.0.